The molecule has 1 aliphatic carbocycles. The number of hydrogen-bond acceptors (Lipinski definition) is 4. The number of fused-ring (bicyclic) bond motifs is 1. The number of carbonyl (C=O) groups is 2. The normalized spacial score (nSPS) is 15.9. The highest BCUT2D eigenvalue weighted by atomic mass is 16.5. The fourth-order valence-electron chi connectivity index (χ4n) is 3.16. The molecule has 1 aliphatic rings. The van der Waals surface area contributed by atoms with Crippen molar-refractivity contribution in [2.45, 2.75) is 38.0 Å². The highest BCUT2D eigenvalue weighted by Crippen LogP contribution is 2.33. The Bertz CT molecular complexity index is 729. The van der Waals surface area contributed by atoms with Crippen LogP contribution in [0.1, 0.15) is 64.7 Å². The number of esters is 1. The number of aromatic nitrogens is 2. The van der Waals surface area contributed by atoms with Crippen molar-refractivity contribution in [1.82, 2.24) is 9.38 Å². The minimum Gasteiger partial charge on any atom is -0.476 e. The second-order valence-electron chi connectivity index (χ2n) is 5.62. The van der Waals surface area contributed by atoms with Crippen LogP contribution in [0.2, 0.25) is 0 Å². The fraction of sp³-hybridized carbons (Fsp3) is 0.438. The lowest BCUT2D eigenvalue weighted by molar-refractivity contribution is 0.0599. The first-order valence-corrected chi connectivity index (χ1v) is 7.45. The second kappa shape index (κ2) is 5.79. The Morgan fingerprint density at radius 3 is 2.68 bits per heavy atom. The number of carboxylic acid groups (broad SMARTS) is 1. The number of carboxylic acids is 1. The molecule has 0 aromatic carbocycles. The number of hydrogen-bond donors (Lipinski definition) is 1. The SMILES string of the molecule is COC(=O)c1ccn2c(C3CCCCC3)nc(C(=O)O)c2c1. The molecule has 0 aliphatic heterocycles. The van der Waals surface area contributed by atoms with Crippen molar-refractivity contribution in [3.63, 3.8) is 0 Å². The van der Waals surface area contributed by atoms with E-state index in [1.165, 1.54) is 19.6 Å². The predicted octanol–water partition coefficient (Wildman–Crippen LogP) is 2.87. The van der Waals surface area contributed by atoms with Gasteiger partial charge in [-0.25, -0.2) is 14.6 Å². The molecule has 2 heterocycles. The molecule has 6 nitrogen and oxygen atoms in total. The lowest BCUT2D eigenvalue weighted by atomic mass is 9.89. The zero-order chi connectivity index (χ0) is 15.7. The van der Waals surface area contributed by atoms with Crippen molar-refractivity contribution in [3.05, 3.63) is 35.4 Å². The van der Waals surface area contributed by atoms with Gasteiger partial charge in [-0.3, -0.25) is 0 Å². The molecule has 1 saturated carbocycles. The van der Waals surface area contributed by atoms with Gasteiger partial charge in [0, 0.05) is 12.1 Å². The van der Waals surface area contributed by atoms with Crippen LogP contribution in [-0.4, -0.2) is 33.5 Å². The molecule has 1 fully saturated rings. The summed E-state index contributed by atoms with van der Waals surface area (Å²) < 4.78 is 6.49. The molecule has 6 heteroatoms. The standard InChI is InChI=1S/C16H18N2O4/c1-22-16(21)11-7-8-18-12(9-11)13(15(19)20)17-14(18)10-5-3-2-4-6-10/h7-10H,2-6H2,1H3,(H,19,20). The molecule has 2 aromatic heterocycles. The van der Waals surface area contributed by atoms with E-state index in [9.17, 15) is 14.7 Å². The van der Waals surface area contributed by atoms with Gasteiger partial charge in [-0.2, -0.15) is 0 Å². The van der Waals surface area contributed by atoms with Crippen LogP contribution in [0.15, 0.2) is 18.3 Å². The fourth-order valence-corrected chi connectivity index (χ4v) is 3.16. The molecule has 1 N–H and O–H groups in total. The Balaban J connectivity index is 2.14. The summed E-state index contributed by atoms with van der Waals surface area (Å²) >= 11 is 0. The van der Waals surface area contributed by atoms with E-state index in [1.807, 2.05) is 0 Å². The minimum absolute atomic E-state index is 0.00803. The Morgan fingerprint density at radius 1 is 1.32 bits per heavy atom. The van der Waals surface area contributed by atoms with Crippen molar-refractivity contribution in [1.29, 1.82) is 0 Å². The molecule has 3 rings (SSSR count). The molecule has 0 radical (unpaired) electrons. The van der Waals surface area contributed by atoms with Crippen LogP contribution in [0.25, 0.3) is 5.52 Å². The average Bonchev–Trinajstić information content (AvgIpc) is 2.94. The zero-order valence-electron chi connectivity index (χ0n) is 12.4. The van der Waals surface area contributed by atoms with E-state index in [0.29, 0.717) is 11.1 Å². The number of aromatic carboxylic acids is 1. The number of methoxy groups -OCH3 is 1. The first-order chi connectivity index (χ1) is 10.6. The molecule has 116 valence electrons. The van der Waals surface area contributed by atoms with Crippen molar-refractivity contribution >= 4 is 17.5 Å². The smallest absolute Gasteiger partial charge is 0.356 e. The molecule has 0 amide bonds. The second-order valence-corrected chi connectivity index (χ2v) is 5.62. The largest absolute Gasteiger partial charge is 0.476 e. The first kappa shape index (κ1) is 14.6. The van der Waals surface area contributed by atoms with Crippen LogP contribution in [0, 0.1) is 0 Å². The van der Waals surface area contributed by atoms with Gasteiger partial charge in [-0.05, 0) is 25.0 Å². The monoisotopic (exact) mass is 302 g/mol. The summed E-state index contributed by atoms with van der Waals surface area (Å²) in [4.78, 5) is 27.5. The summed E-state index contributed by atoms with van der Waals surface area (Å²) in [6, 6.07) is 3.17. The maximum atomic E-state index is 11.6. The number of ether oxygens (including phenoxy) is 1. The van der Waals surface area contributed by atoms with E-state index in [2.05, 4.69) is 4.98 Å². The van der Waals surface area contributed by atoms with Gasteiger partial charge in [0.05, 0.1) is 18.2 Å². The molecule has 0 bridgehead atoms. The van der Waals surface area contributed by atoms with Crippen molar-refractivity contribution < 1.29 is 19.4 Å². The molecule has 22 heavy (non-hydrogen) atoms. The van der Waals surface area contributed by atoms with E-state index in [1.54, 1.807) is 16.7 Å². The molecular formula is C16H18N2O4. The van der Waals surface area contributed by atoms with Gasteiger partial charge < -0.3 is 14.2 Å². The van der Waals surface area contributed by atoms with E-state index in [-0.39, 0.29) is 11.6 Å². The van der Waals surface area contributed by atoms with Crippen LogP contribution < -0.4 is 0 Å². The maximum absolute atomic E-state index is 11.6. The van der Waals surface area contributed by atoms with Gasteiger partial charge in [0.15, 0.2) is 5.69 Å². The average molecular weight is 302 g/mol. The summed E-state index contributed by atoms with van der Waals surface area (Å²) in [5.74, 6) is -0.511. The molecule has 0 spiro atoms. The van der Waals surface area contributed by atoms with Crippen molar-refractivity contribution in [2.75, 3.05) is 7.11 Å². The third kappa shape index (κ3) is 2.45. The lowest BCUT2D eigenvalue weighted by Gasteiger charge is -2.20. The lowest BCUT2D eigenvalue weighted by Crippen LogP contribution is -2.09. The molecule has 0 saturated heterocycles. The van der Waals surface area contributed by atoms with Gasteiger partial charge in [0.2, 0.25) is 0 Å². The summed E-state index contributed by atoms with van der Waals surface area (Å²) in [6.45, 7) is 0. The number of pyridine rings is 1. The summed E-state index contributed by atoms with van der Waals surface area (Å²) in [6.07, 6.45) is 7.27. The third-order valence-corrected chi connectivity index (χ3v) is 4.26. The quantitative estimate of drug-likeness (QED) is 0.882. The first-order valence-electron chi connectivity index (χ1n) is 7.45. The number of carbonyl (C=O) groups excluding carboxylic acids is 1. The van der Waals surface area contributed by atoms with Crippen molar-refractivity contribution in [3.8, 4) is 0 Å². The van der Waals surface area contributed by atoms with Crippen LogP contribution >= 0.6 is 0 Å². The van der Waals surface area contributed by atoms with Crippen molar-refractivity contribution in [2.24, 2.45) is 0 Å². The Labute approximate surface area is 127 Å². The topological polar surface area (TPSA) is 80.9 Å². The number of nitrogens with zero attached hydrogens (tertiary/aromatic N) is 2. The van der Waals surface area contributed by atoms with Crippen LogP contribution in [0.4, 0.5) is 0 Å². The van der Waals surface area contributed by atoms with E-state index in [4.69, 9.17) is 4.74 Å². The molecule has 0 unspecified atom stereocenters. The Kier molecular flexibility index (Phi) is 3.83. The van der Waals surface area contributed by atoms with Crippen LogP contribution in [0.3, 0.4) is 0 Å². The Morgan fingerprint density at radius 2 is 2.05 bits per heavy atom. The van der Waals surface area contributed by atoms with Gasteiger partial charge in [-0.1, -0.05) is 19.3 Å². The van der Waals surface area contributed by atoms with Gasteiger partial charge >= 0.3 is 11.9 Å². The maximum Gasteiger partial charge on any atom is 0.356 e. The Hall–Kier alpha value is -2.37. The van der Waals surface area contributed by atoms with Gasteiger partial charge in [0.1, 0.15) is 5.82 Å². The summed E-state index contributed by atoms with van der Waals surface area (Å²) in [7, 11) is 1.30. The van der Waals surface area contributed by atoms with Crippen LogP contribution in [0.5, 0.6) is 0 Å². The minimum atomic E-state index is -1.08. The zero-order valence-corrected chi connectivity index (χ0v) is 12.4. The van der Waals surface area contributed by atoms with E-state index < -0.39 is 11.9 Å². The summed E-state index contributed by atoms with van der Waals surface area (Å²) in [5.41, 5.74) is 0.759. The third-order valence-electron chi connectivity index (χ3n) is 4.26. The highest BCUT2D eigenvalue weighted by molar-refractivity contribution is 5.97. The van der Waals surface area contributed by atoms with Crippen LogP contribution in [-0.2, 0) is 4.74 Å². The van der Waals surface area contributed by atoms with Gasteiger partial charge in [-0.15, -0.1) is 0 Å². The van der Waals surface area contributed by atoms with E-state index >= 15 is 0 Å². The van der Waals surface area contributed by atoms with Gasteiger partial charge in [0.25, 0.3) is 0 Å². The summed E-state index contributed by atoms with van der Waals surface area (Å²) in [5, 5.41) is 9.39. The van der Waals surface area contributed by atoms with E-state index in [0.717, 1.165) is 31.5 Å². The highest BCUT2D eigenvalue weighted by Gasteiger charge is 2.25. The molecule has 0 atom stereocenters. The number of rotatable bonds is 3. The molecular weight excluding hydrogens is 284 g/mol. The number of imidazole rings is 1. The predicted molar refractivity (Wildman–Crippen MR) is 79.3 cm³/mol. The molecule has 2 aromatic rings.